The van der Waals surface area contributed by atoms with Gasteiger partial charge in [-0.05, 0) is 18.2 Å². The first-order chi connectivity index (χ1) is 11.0. The lowest BCUT2D eigenvalue weighted by atomic mass is 10.1. The first-order valence-electron chi connectivity index (χ1n) is 6.54. The Morgan fingerprint density at radius 3 is 2.39 bits per heavy atom. The third-order valence-electron chi connectivity index (χ3n) is 3.13. The van der Waals surface area contributed by atoms with Crippen LogP contribution in [0.3, 0.4) is 0 Å². The van der Waals surface area contributed by atoms with Crippen LogP contribution in [0.5, 0.6) is 5.75 Å². The minimum Gasteiger partial charge on any atom is -0.423 e. The number of nitro benzene ring substituents is 1. The van der Waals surface area contributed by atoms with Crippen LogP contribution in [0, 0.1) is 10.1 Å². The van der Waals surface area contributed by atoms with Crippen LogP contribution in [0.1, 0.15) is 15.9 Å². The summed E-state index contributed by atoms with van der Waals surface area (Å²) in [5.74, 6) is -1.03. The fraction of sp³-hybridized carbons (Fsp3) is 0. The van der Waals surface area contributed by atoms with E-state index in [2.05, 4.69) is 0 Å². The summed E-state index contributed by atoms with van der Waals surface area (Å²) in [6, 6.07) is 11.7. The number of nitrogens with zero attached hydrogens (tertiary/aromatic N) is 1. The van der Waals surface area contributed by atoms with E-state index in [0.29, 0.717) is 11.1 Å². The van der Waals surface area contributed by atoms with Crippen LogP contribution in [0.15, 0.2) is 54.6 Å². The number of ether oxygens (including phenoxy) is 2. The minimum absolute atomic E-state index is 0.109. The lowest BCUT2D eigenvalue weighted by Crippen LogP contribution is -2.05. The van der Waals surface area contributed by atoms with E-state index in [1.54, 1.807) is 24.3 Å². The Balaban J connectivity index is 1.77. The predicted molar refractivity (Wildman–Crippen MR) is 78.6 cm³/mol. The number of non-ortho nitro benzene ring substituents is 1. The van der Waals surface area contributed by atoms with Gasteiger partial charge in [0.25, 0.3) is 5.69 Å². The molecule has 0 spiro atoms. The highest BCUT2D eigenvalue weighted by atomic mass is 16.6. The van der Waals surface area contributed by atoms with Crippen LogP contribution in [0.25, 0.3) is 5.76 Å². The Morgan fingerprint density at radius 1 is 1.09 bits per heavy atom. The number of rotatable bonds is 3. The second kappa shape index (κ2) is 5.72. The Bertz CT molecular complexity index is 838. The van der Waals surface area contributed by atoms with Gasteiger partial charge in [0.1, 0.15) is 11.5 Å². The summed E-state index contributed by atoms with van der Waals surface area (Å²) in [5, 5.41) is 10.6. The number of hydrogen-bond acceptors (Lipinski definition) is 6. The van der Waals surface area contributed by atoms with Crippen LogP contribution in [-0.4, -0.2) is 16.9 Å². The van der Waals surface area contributed by atoms with E-state index in [1.807, 2.05) is 0 Å². The molecule has 7 heteroatoms. The summed E-state index contributed by atoms with van der Waals surface area (Å²) in [6.45, 7) is 0. The summed E-state index contributed by atoms with van der Waals surface area (Å²) in [7, 11) is 0. The van der Waals surface area contributed by atoms with Crippen molar-refractivity contribution >= 4 is 23.4 Å². The minimum atomic E-state index is -0.752. The van der Waals surface area contributed by atoms with E-state index >= 15 is 0 Å². The molecular weight excluding hydrogens is 302 g/mol. The summed E-state index contributed by atoms with van der Waals surface area (Å²) >= 11 is 0. The molecule has 0 radical (unpaired) electrons. The van der Waals surface area contributed by atoms with E-state index < -0.39 is 16.9 Å². The molecule has 0 bridgehead atoms. The van der Waals surface area contributed by atoms with Crippen LogP contribution < -0.4 is 4.74 Å². The van der Waals surface area contributed by atoms with Gasteiger partial charge in [-0.25, -0.2) is 9.59 Å². The van der Waals surface area contributed by atoms with Gasteiger partial charge in [0.2, 0.25) is 0 Å². The zero-order chi connectivity index (χ0) is 16.4. The Morgan fingerprint density at radius 2 is 1.74 bits per heavy atom. The van der Waals surface area contributed by atoms with Crippen molar-refractivity contribution in [2.75, 3.05) is 0 Å². The zero-order valence-electron chi connectivity index (χ0n) is 11.6. The van der Waals surface area contributed by atoms with Crippen LogP contribution in [0.4, 0.5) is 5.69 Å². The second-order valence-electron chi connectivity index (χ2n) is 4.62. The monoisotopic (exact) mass is 311 g/mol. The van der Waals surface area contributed by atoms with Gasteiger partial charge < -0.3 is 9.47 Å². The van der Waals surface area contributed by atoms with Gasteiger partial charge in [0.15, 0.2) is 0 Å². The molecule has 23 heavy (non-hydrogen) atoms. The molecule has 0 saturated carbocycles. The van der Waals surface area contributed by atoms with E-state index in [1.165, 1.54) is 24.3 Å². The van der Waals surface area contributed by atoms with Gasteiger partial charge in [0, 0.05) is 17.7 Å². The summed E-state index contributed by atoms with van der Waals surface area (Å²) in [4.78, 5) is 33.5. The summed E-state index contributed by atoms with van der Waals surface area (Å²) in [5.41, 5.74) is 0.779. The smallest absolute Gasteiger partial charge is 0.344 e. The SMILES string of the molecule is O=C(C=C1OC(=O)c2ccccc21)Oc1ccc([N+](=O)[O-])cc1. The quantitative estimate of drug-likeness (QED) is 0.284. The first kappa shape index (κ1) is 14.5. The molecule has 7 nitrogen and oxygen atoms in total. The maximum atomic E-state index is 11.9. The van der Waals surface area contributed by atoms with Gasteiger partial charge in [-0.1, -0.05) is 18.2 Å². The molecule has 0 aromatic heterocycles. The zero-order valence-corrected chi connectivity index (χ0v) is 11.6. The van der Waals surface area contributed by atoms with Crippen molar-refractivity contribution in [3.8, 4) is 5.75 Å². The summed E-state index contributed by atoms with van der Waals surface area (Å²) < 4.78 is 10.1. The van der Waals surface area contributed by atoms with Crippen molar-refractivity contribution in [3.05, 3.63) is 75.8 Å². The van der Waals surface area contributed by atoms with Gasteiger partial charge >= 0.3 is 11.9 Å². The second-order valence-corrected chi connectivity index (χ2v) is 4.62. The molecule has 0 atom stereocenters. The van der Waals surface area contributed by atoms with E-state index in [-0.39, 0.29) is 17.2 Å². The van der Waals surface area contributed by atoms with Crippen molar-refractivity contribution in [1.29, 1.82) is 0 Å². The number of fused-ring (bicyclic) bond motifs is 1. The maximum Gasteiger partial charge on any atom is 0.344 e. The standard InChI is InChI=1S/C16H9NO6/c18-15(22-11-7-5-10(6-8-11)17(20)21)9-14-12-3-1-2-4-13(12)16(19)23-14/h1-9H. The normalized spacial score (nSPS) is 14.3. The molecule has 2 aromatic carbocycles. The number of nitro groups is 1. The van der Waals surface area contributed by atoms with Crippen molar-refractivity contribution in [3.63, 3.8) is 0 Å². The molecule has 0 unspecified atom stereocenters. The Kier molecular flexibility index (Phi) is 3.60. The average molecular weight is 311 g/mol. The number of cyclic esters (lactones) is 1. The highest BCUT2D eigenvalue weighted by Crippen LogP contribution is 2.29. The molecule has 0 saturated heterocycles. The maximum absolute atomic E-state index is 11.9. The largest absolute Gasteiger partial charge is 0.423 e. The third kappa shape index (κ3) is 2.93. The fourth-order valence-electron chi connectivity index (χ4n) is 2.08. The van der Waals surface area contributed by atoms with Crippen LogP contribution in [-0.2, 0) is 9.53 Å². The predicted octanol–water partition coefficient (Wildman–Crippen LogP) is 2.71. The van der Waals surface area contributed by atoms with Crippen molar-refractivity contribution < 1.29 is 24.0 Å². The molecule has 114 valence electrons. The number of esters is 2. The highest BCUT2D eigenvalue weighted by molar-refractivity contribution is 6.06. The topological polar surface area (TPSA) is 95.7 Å². The van der Waals surface area contributed by atoms with Gasteiger partial charge in [-0.2, -0.15) is 0 Å². The van der Waals surface area contributed by atoms with Crippen molar-refractivity contribution in [2.24, 2.45) is 0 Å². The van der Waals surface area contributed by atoms with Crippen LogP contribution >= 0.6 is 0 Å². The van der Waals surface area contributed by atoms with E-state index in [0.717, 1.165) is 6.08 Å². The number of carbonyl (C=O) groups excluding carboxylic acids is 2. The summed E-state index contributed by atoms with van der Waals surface area (Å²) in [6.07, 6.45) is 1.06. The Hall–Kier alpha value is -3.48. The van der Waals surface area contributed by atoms with Gasteiger partial charge in [-0.3, -0.25) is 10.1 Å². The Labute approximate surface area is 129 Å². The molecule has 0 N–H and O–H groups in total. The van der Waals surface area contributed by atoms with Crippen LogP contribution in [0.2, 0.25) is 0 Å². The third-order valence-corrected chi connectivity index (χ3v) is 3.13. The van der Waals surface area contributed by atoms with E-state index in [4.69, 9.17) is 9.47 Å². The highest BCUT2D eigenvalue weighted by Gasteiger charge is 2.26. The van der Waals surface area contributed by atoms with Crippen molar-refractivity contribution in [2.45, 2.75) is 0 Å². The molecule has 0 aliphatic carbocycles. The molecule has 1 aliphatic heterocycles. The fourth-order valence-corrected chi connectivity index (χ4v) is 2.08. The molecule has 2 aromatic rings. The molecular formula is C16H9NO6. The van der Waals surface area contributed by atoms with Gasteiger partial charge in [-0.15, -0.1) is 0 Å². The lowest BCUT2D eigenvalue weighted by molar-refractivity contribution is -0.384. The molecule has 1 aliphatic rings. The average Bonchev–Trinajstić information content (AvgIpc) is 2.84. The van der Waals surface area contributed by atoms with E-state index in [9.17, 15) is 19.7 Å². The number of benzene rings is 2. The van der Waals surface area contributed by atoms with Gasteiger partial charge in [0.05, 0.1) is 16.6 Å². The van der Waals surface area contributed by atoms with Crippen molar-refractivity contribution in [1.82, 2.24) is 0 Å². The molecule has 1 heterocycles. The molecule has 0 fully saturated rings. The first-order valence-corrected chi connectivity index (χ1v) is 6.54. The molecule has 3 rings (SSSR count). The molecule has 0 amide bonds. The number of carbonyl (C=O) groups is 2. The number of hydrogen-bond donors (Lipinski definition) is 0. The lowest BCUT2D eigenvalue weighted by Gasteiger charge is -2.02.